The van der Waals surface area contributed by atoms with Crippen LogP contribution in [0.2, 0.25) is 0 Å². The normalized spacial score (nSPS) is 11.5. The number of nitrogens with one attached hydrogen (secondary N) is 2. The summed E-state index contributed by atoms with van der Waals surface area (Å²) in [6.45, 7) is 2.47. The second kappa shape index (κ2) is 7.83. The van der Waals surface area contributed by atoms with Crippen LogP contribution in [0, 0.1) is 18.3 Å². The molecule has 5 nitrogen and oxygen atoms in total. The van der Waals surface area contributed by atoms with Crippen molar-refractivity contribution in [3.8, 4) is 12.3 Å². The molecule has 15 heavy (non-hydrogen) atoms. The zero-order valence-electron chi connectivity index (χ0n) is 8.75. The van der Waals surface area contributed by atoms with Crippen LogP contribution in [-0.2, 0) is 9.59 Å². The monoisotopic (exact) mass is 212 g/mol. The van der Waals surface area contributed by atoms with E-state index < -0.39 is 11.9 Å². The maximum atomic E-state index is 11.1. The molecule has 0 aliphatic carbocycles. The number of carboxylic acid groups (broad SMARTS) is 1. The van der Waals surface area contributed by atoms with Gasteiger partial charge in [0.05, 0.1) is 19.0 Å². The van der Waals surface area contributed by atoms with Crippen molar-refractivity contribution in [2.75, 3.05) is 19.6 Å². The molecule has 0 aliphatic rings. The molecular formula is C10H16N2O3. The van der Waals surface area contributed by atoms with Crippen LogP contribution in [0.3, 0.4) is 0 Å². The Balaban J connectivity index is 3.47. The predicted octanol–water partition coefficient (Wildman–Crippen LogP) is -0.564. The Labute approximate surface area is 89.2 Å². The van der Waals surface area contributed by atoms with Crippen LogP contribution < -0.4 is 10.6 Å². The first-order valence-corrected chi connectivity index (χ1v) is 4.71. The Kier molecular flexibility index (Phi) is 7.02. The van der Waals surface area contributed by atoms with E-state index in [0.717, 1.165) is 0 Å². The van der Waals surface area contributed by atoms with Gasteiger partial charge in [0.15, 0.2) is 0 Å². The molecule has 1 amide bonds. The Morgan fingerprint density at radius 2 is 2.20 bits per heavy atom. The first kappa shape index (κ1) is 13.5. The quantitative estimate of drug-likeness (QED) is 0.390. The summed E-state index contributed by atoms with van der Waals surface area (Å²) in [5.41, 5.74) is 0. The summed E-state index contributed by atoms with van der Waals surface area (Å²) in [6, 6.07) is 0. The van der Waals surface area contributed by atoms with Crippen molar-refractivity contribution >= 4 is 11.9 Å². The van der Waals surface area contributed by atoms with E-state index in [4.69, 9.17) is 11.5 Å². The van der Waals surface area contributed by atoms with Crippen LogP contribution in [0.5, 0.6) is 0 Å². The lowest BCUT2D eigenvalue weighted by Gasteiger charge is -2.07. The van der Waals surface area contributed by atoms with E-state index in [2.05, 4.69) is 16.6 Å². The Bertz CT molecular complexity index is 258. The molecule has 0 spiro atoms. The third-order valence-corrected chi connectivity index (χ3v) is 1.83. The average molecular weight is 212 g/mol. The van der Waals surface area contributed by atoms with Crippen LogP contribution in [0.15, 0.2) is 0 Å². The van der Waals surface area contributed by atoms with Crippen molar-refractivity contribution in [1.29, 1.82) is 0 Å². The van der Waals surface area contributed by atoms with Gasteiger partial charge in [0.1, 0.15) is 0 Å². The van der Waals surface area contributed by atoms with E-state index in [9.17, 15) is 9.59 Å². The van der Waals surface area contributed by atoms with E-state index in [-0.39, 0.29) is 12.5 Å². The fourth-order valence-electron chi connectivity index (χ4n) is 0.862. The molecular weight excluding hydrogens is 196 g/mol. The first-order valence-electron chi connectivity index (χ1n) is 4.71. The Morgan fingerprint density at radius 1 is 1.53 bits per heavy atom. The second-order valence-corrected chi connectivity index (χ2v) is 3.19. The molecule has 0 aromatic carbocycles. The summed E-state index contributed by atoms with van der Waals surface area (Å²) in [6.07, 6.45) is 5.41. The lowest BCUT2D eigenvalue weighted by molar-refractivity contribution is -0.141. The highest BCUT2D eigenvalue weighted by atomic mass is 16.4. The minimum atomic E-state index is -0.852. The van der Waals surface area contributed by atoms with Crippen molar-refractivity contribution in [2.45, 2.75) is 13.3 Å². The van der Waals surface area contributed by atoms with Gasteiger partial charge in [0.25, 0.3) is 0 Å². The van der Waals surface area contributed by atoms with Crippen LogP contribution in [0.4, 0.5) is 0 Å². The Hall–Kier alpha value is -1.54. The average Bonchev–Trinajstić information content (AvgIpc) is 2.18. The molecule has 5 heteroatoms. The number of aliphatic carboxylic acids is 1. The molecule has 0 rings (SSSR count). The number of hydrogen-bond acceptors (Lipinski definition) is 3. The molecule has 0 saturated carbocycles. The fraction of sp³-hybridized carbons (Fsp3) is 0.600. The topological polar surface area (TPSA) is 78.4 Å². The number of terminal acetylenes is 1. The van der Waals surface area contributed by atoms with Crippen molar-refractivity contribution in [3.05, 3.63) is 0 Å². The molecule has 3 N–H and O–H groups in total. The van der Waals surface area contributed by atoms with Gasteiger partial charge in [-0.15, -0.1) is 6.42 Å². The molecule has 0 aromatic heterocycles. The van der Waals surface area contributed by atoms with Crippen molar-refractivity contribution < 1.29 is 14.7 Å². The third kappa shape index (κ3) is 7.52. The highest BCUT2D eigenvalue weighted by molar-refractivity contribution is 5.78. The molecule has 0 aliphatic heterocycles. The van der Waals surface area contributed by atoms with Crippen molar-refractivity contribution in [2.24, 2.45) is 5.92 Å². The zero-order valence-corrected chi connectivity index (χ0v) is 8.75. The van der Waals surface area contributed by atoms with Gasteiger partial charge in [-0.2, -0.15) is 0 Å². The SMILES string of the molecule is C#CCNCC(=O)NCCC(C)C(=O)O. The fourth-order valence-corrected chi connectivity index (χ4v) is 0.862. The van der Waals surface area contributed by atoms with Gasteiger partial charge in [-0.25, -0.2) is 0 Å². The molecule has 0 bridgehead atoms. The van der Waals surface area contributed by atoms with Gasteiger partial charge in [0, 0.05) is 6.54 Å². The minimum Gasteiger partial charge on any atom is -0.481 e. The van der Waals surface area contributed by atoms with E-state index in [1.165, 1.54) is 0 Å². The van der Waals surface area contributed by atoms with Crippen LogP contribution in [0.25, 0.3) is 0 Å². The highest BCUT2D eigenvalue weighted by Crippen LogP contribution is 1.99. The summed E-state index contributed by atoms with van der Waals surface area (Å²) in [4.78, 5) is 21.5. The molecule has 0 radical (unpaired) electrons. The number of amides is 1. The molecule has 0 aromatic rings. The zero-order chi connectivity index (χ0) is 11.7. The van der Waals surface area contributed by atoms with E-state index in [0.29, 0.717) is 19.5 Å². The molecule has 84 valence electrons. The van der Waals surface area contributed by atoms with Gasteiger partial charge in [-0.3, -0.25) is 14.9 Å². The summed E-state index contributed by atoms with van der Waals surface area (Å²) < 4.78 is 0. The maximum absolute atomic E-state index is 11.1. The number of rotatable bonds is 7. The largest absolute Gasteiger partial charge is 0.481 e. The minimum absolute atomic E-state index is 0.158. The number of carbonyl (C=O) groups is 2. The van der Waals surface area contributed by atoms with Crippen LogP contribution in [-0.4, -0.2) is 36.6 Å². The summed E-state index contributed by atoms with van der Waals surface area (Å²) in [7, 11) is 0. The lowest BCUT2D eigenvalue weighted by atomic mass is 10.1. The molecule has 0 saturated heterocycles. The molecule has 0 fully saturated rings. The summed E-state index contributed by atoms with van der Waals surface area (Å²) >= 11 is 0. The predicted molar refractivity (Wildman–Crippen MR) is 56.1 cm³/mol. The van der Waals surface area contributed by atoms with Gasteiger partial charge < -0.3 is 10.4 Å². The molecule has 0 heterocycles. The molecule has 1 atom stereocenters. The van der Waals surface area contributed by atoms with Crippen LogP contribution in [0.1, 0.15) is 13.3 Å². The van der Waals surface area contributed by atoms with Crippen LogP contribution >= 0.6 is 0 Å². The van der Waals surface area contributed by atoms with Gasteiger partial charge in [0.2, 0.25) is 5.91 Å². The smallest absolute Gasteiger partial charge is 0.306 e. The standard InChI is InChI=1S/C10H16N2O3/c1-3-5-11-7-9(13)12-6-4-8(2)10(14)15/h1,8,11H,4-7H2,2H3,(H,12,13)(H,14,15). The Morgan fingerprint density at radius 3 is 2.73 bits per heavy atom. The third-order valence-electron chi connectivity index (χ3n) is 1.83. The maximum Gasteiger partial charge on any atom is 0.306 e. The number of carboxylic acids is 1. The van der Waals surface area contributed by atoms with Gasteiger partial charge in [-0.1, -0.05) is 12.8 Å². The number of hydrogen-bond donors (Lipinski definition) is 3. The van der Waals surface area contributed by atoms with E-state index >= 15 is 0 Å². The van der Waals surface area contributed by atoms with Gasteiger partial charge in [-0.05, 0) is 6.42 Å². The summed E-state index contributed by atoms with van der Waals surface area (Å²) in [5.74, 6) is 0.873. The van der Waals surface area contributed by atoms with Crippen molar-refractivity contribution in [1.82, 2.24) is 10.6 Å². The van der Waals surface area contributed by atoms with Gasteiger partial charge >= 0.3 is 5.97 Å². The molecule has 1 unspecified atom stereocenters. The lowest BCUT2D eigenvalue weighted by Crippen LogP contribution is -2.35. The van der Waals surface area contributed by atoms with Crippen molar-refractivity contribution in [3.63, 3.8) is 0 Å². The summed E-state index contributed by atoms with van der Waals surface area (Å²) in [5, 5.41) is 13.9. The first-order chi connectivity index (χ1) is 7.07. The van der Waals surface area contributed by atoms with E-state index in [1.807, 2.05) is 0 Å². The van der Waals surface area contributed by atoms with E-state index in [1.54, 1.807) is 6.92 Å². The number of carbonyl (C=O) groups excluding carboxylic acids is 1. The second-order valence-electron chi connectivity index (χ2n) is 3.19. The highest BCUT2D eigenvalue weighted by Gasteiger charge is 2.10.